The Morgan fingerprint density at radius 2 is 1.21 bits per heavy atom. The van der Waals surface area contributed by atoms with E-state index in [0.29, 0.717) is 13.1 Å². The third-order valence-corrected chi connectivity index (χ3v) is 6.93. The van der Waals surface area contributed by atoms with E-state index in [2.05, 4.69) is 10.6 Å². The van der Waals surface area contributed by atoms with Crippen molar-refractivity contribution in [1.82, 2.24) is 10.6 Å². The van der Waals surface area contributed by atoms with Crippen LogP contribution in [0.5, 0.6) is 0 Å². The molecule has 0 bridgehead atoms. The van der Waals surface area contributed by atoms with Crippen LogP contribution in [0.1, 0.15) is 12.8 Å². The third-order valence-electron chi connectivity index (χ3n) is 3.21. The van der Waals surface area contributed by atoms with E-state index >= 15 is 0 Å². The molecule has 19 heavy (non-hydrogen) atoms. The minimum atomic E-state index is -2.01. The Morgan fingerprint density at radius 3 is 1.53 bits per heavy atom. The molecular formula is C12H32N4O2Si. The van der Waals surface area contributed by atoms with Gasteiger partial charge in [-0.3, -0.25) is 0 Å². The second-order valence-electron chi connectivity index (χ2n) is 4.60. The van der Waals surface area contributed by atoms with Crippen molar-refractivity contribution in [3.05, 3.63) is 0 Å². The Kier molecular flexibility index (Phi) is 13.0. The molecule has 0 atom stereocenters. The molecule has 6 nitrogen and oxygen atoms in total. The average Bonchev–Trinajstić information content (AvgIpc) is 2.45. The summed E-state index contributed by atoms with van der Waals surface area (Å²) >= 11 is 0. The van der Waals surface area contributed by atoms with Gasteiger partial charge in [0.2, 0.25) is 0 Å². The molecule has 0 aliphatic carbocycles. The molecule has 0 radical (unpaired) electrons. The van der Waals surface area contributed by atoms with Gasteiger partial charge >= 0.3 is 8.56 Å². The zero-order chi connectivity index (χ0) is 14.4. The maximum absolute atomic E-state index is 5.71. The topological polar surface area (TPSA) is 94.6 Å². The average molecular weight is 292 g/mol. The van der Waals surface area contributed by atoms with Gasteiger partial charge in [-0.15, -0.1) is 0 Å². The third kappa shape index (κ3) is 9.50. The molecule has 0 spiro atoms. The molecule has 6 N–H and O–H groups in total. The Balaban J connectivity index is 3.83. The fraction of sp³-hybridized carbons (Fsp3) is 1.00. The normalized spacial score (nSPS) is 12.0. The minimum Gasteiger partial charge on any atom is -0.398 e. The Morgan fingerprint density at radius 1 is 0.789 bits per heavy atom. The standard InChI is InChI=1S/C12H32N4O2Si/c1-17-19(18-2,11-3-7-15-9-5-13)12-4-8-16-10-6-14/h15-16H,3-14H2,1-2H3. The number of nitrogens with two attached hydrogens (primary N) is 2. The van der Waals surface area contributed by atoms with Gasteiger partial charge in [-0.2, -0.15) is 0 Å². The lowest BCUT2D eigenvalue weighted by molar-refractivity contribution is 0.239. The van der Waals surface area contributed by atoms with Crippen LogP contribution in [0.2, 0.25) is 12.1 Å². The van der Waals surface area contributed by atoms with E-state index in [1.165, 1.54) is 0 Å². The van der Waals surface area contributed by atoms with E-state index in [4.69, 9.17) is 20.3 Å². The molecule has 0 aromatic heterocycles. The summed E-state index contributed by atoms with van der Waals surface area (Å²) in [6, 6.07) is 2.04. The van der Waals surface area contributed by atoms with Crippen LogP contribution in [-0.2, 0) is 8.85 Å². The molecular weight excluding hydrogens is 260 g/mol. The SMILES string of the molecule is CO[Si](CCCNCCN)(CCCNCCN)OC. The summed E-state index contributed by atoms with van der Waals surface area (Å²) in [4.78, 5) is 0. The van der Waals surface area contributed by atoms with Gasteiger partial charge in [-0.25, -0.2) is 0 Å². The predicted octanol–water partition coefficient (Wildman–Crippen LogP) is -0.402. The van der Waals surface area contributed by atoms with E-state index in [9.17, 15) is 0 Å². The summed E-state index contributed by atoms with van der Waals surface area (Å²) in [6.07, 6.45) is 2.15. The van der Waals surface area contributed by atoms with Crippen molar-refractivity contribution in [3.63, 3.8) is 0 Å². The monoisotopic (exact) mass is 292 g/mol. The van der Waals surface area contributed by atoms with Crippen molar-refractivity contribution in [2.45, 2.75) is 24.9 Å². The number of nitrogens with one attached hydrogen (secondary N) is 2. The fourth-order valence-electron chi connectivity index (χ4n) is 2.04. The molecule has 0 fully saturated rings. The highest BCUT2D eigenvalue weighted by Gasteiger charge is 2.33. The molecule has 116 valence electrons. The first kappa shape index (κ1) is 19.0. The van der Waals surface area contributed by atoms with Crippen LogP contribution in [0.3, 0.4) is 0 Å². The maximum Gasteiger partial charge on any atom is 0.337 e. The molecule has 7 heteroatoms. The zero-order valence-electron chi connectivity index (χ0n) is 12.5. The summed E-state index contributed by atoms with van der Waals surface area (Å²) in [5, 5.41) is 6.60. The first-order valence-corrected chi connectivity index (χ1v) is 9.39. The van der Waals surface area contributed by atoms with Crippen molar-refractivity contribution in [3.8, 4) is 0 Å². The Hall–Kier alpha value is -0.0231. The molecule has 0 rings (SSSR count). The number of rotatable bonds is 14. The van der Waals surface area contributed by atoms with Gasteiger partial charge in [0, 0.05) is 40.4 Å². The fourth-order valence-corrected chi connectivity index (χ4v) is 4.70. The van der Waals surface area contributed by atoms with Crippen LogP contribution < -0.4 is 22.1 Å². The van der Waals surface area contributed by atoms with Crippen LogP contribution in [0.15, 0.2) is 0 Å². The first-order valence-electron chi connectivity index (χ1n) is 7.16. The predicted molar refractivity (Wildman–Crippen MR) is 82.5 cm³/mol. The van der Waals surface area contributed by atoms with E-state index in [1.54, 1.807) is 14.2 Å². The minimum absolute atomic E-state index is 0.684. The van der Waals surface area contributed by atoms with Gasteiger partial charge in [0.15, 0.2) is 0 Å². The molecule has 0 aliphatic rings. The number of hydrogen-bond donors (Lipinski definition) is 4. The van der Waals surface area contributed by atoms with Crippen molar-refractivity contribution >= 4 is 8.56 Å². The summed E-state index contributed by atoms with van der Waals surface area (Å²) in [6.45, 7) is 5.07. The molecule has 0 saturated carbocycles. The summed E-state index contributed by atoms with van der Waals surface area (Å²) < 4.78 is 11.4. The van der Waals surface area contributed by atoms with Crippen molar-refractivity contribution in [2.75, 3.05) is 53.5 Å². The van der Waals surface area contributed by atoms with Crippen LogP contribution >= 0.6 is 0 Å². The molecule has 0 aromatic rings. The van der Waals surface area contributed by atoms with E-state index in [0.717, 1.165) is 51.1 Å². The van der Waals surface area contributed by atoms with Gasteiger partial charge in [0.05, 0.1) is 0 Å². The Labute approximate surface area is 118 Å². The van der Waals surface area contributed by atoms with Gasteiger partial charge in [-0.05, 0) is 38.0 Å². The van der Waals surface area contributed by atoms with Crippen molar-refractivity contribution < 1.29 is 8.85 Å². The van der Waals surface area contributed by atoms with Crippen LogP contribution in [-0.4, -0.2) is 62.0 Å². The largest absolute Gasteiger partial charge is 0.398 e. The quantitative estimate of drug-likeness (QED) is 0.257. The highest BCUT2D eigenvalue weighted by molar-refractivity contribution is 6.67. The lowest BCUT2D eigenvalue weighted by atomic mass is 10.4. The highest BCUT2D eigenvalue weighted by atomic mass is 28.4. The second kappa shape index (κ2) is 13.0. The molecule has 0 heterocycles. The first-order chi connectivity index (χ1) is 9.24. The van der Waals surface area contributed by atoms with Gasteiger partial charge in [-0.1, -0.05) is 0 Å². The molecule has 0 saturated heterocycles. The van der Waals surface area contributed by atoms with Crippen molar-refractivity contribution in [1.29, 1.82) is 0 Å². The van der Waals surface area contributed by atoms with Crippen LogP contribution in [0.25, 0.3) is 0 Å². The van der Waals surface area contributed by atoms with Gasteiger partial charge in [0.1, 0.15) is 0 Å². The molecule has 0 aromatic carbocycles. The lowest BCUT2D eigenvalue weighted by Crippen LogP contribution is -2.41. The van der Waals surface area contributed by atoms with E-state index in [-0.39, 0.29) is 0 Å². The summed E-state index contributed by atoms with van der Waals surface area (Å²) in [5.41, 5.74) is 10.9. The lowest BCUT2D eigenvalue weighted by Gasteiger charge is -2.27. The van der Waals surface area contributed by atoms with Gasteiger partial charge < -0.3 is 31.0 Å². The smallest absolute Gasteiger partial charge is 0.337 e. The van der Waals surface area contributed by atoms with Gasteiger partial charge in [0.25, 0.3) is 0 Å². The summed E-state index contributed by atoms with van der Waals surface area (Å²) in [5.74, 6) is 0. The Bertz CT molecular complexity index is 179. The number of hydrogen-bond acceptors (Lipinski definition) is 6. The van der Waals surface area contributed by atoms with Crippen LogP contribution in [0, 0.1) is 0 Å². The van der Waals surface area contributed by atoms with E-state index in [1.807, 2.05) is 0 Å². The molecule has 0 amide bonds. The zero-order valence-corrected chi connectivity index (χ0v) is 13.5. The molecule has 0 aliphatic heterocycles. The maximum atomic E-state index is 5.71. The molecule has 0 unspecified atom stereocenters. The summed E-state index contributed by atoms with van der Waals surface area (Å²) in [7, 11) is 1.54. The van der Waals surface area contributed by atoms with Crippen molar-refractivity contribution in [2.24, 2.45) is 11.5 Å². The highest BCUT2D eigenvalue weighted by Crippen LogP contribution is 2.20. The van der Waals surface area contributed by atoms with E-state index < -0.39 is 8.56 Å². The van der Waals surface area contributed by atoms with Crippen LogP contribution in [0.4, 0.5) is 0 Å². The second-order valence-corrected chi connectivity index (χ2v) is 8.24.